The number of rotatable bonds is 4. The maximum atomic E-state index is 5.73. The number of aryl methyl sites for hydroxylation is 1. The Morgan fingerprint density at radius 1 is 1.22 bits per heavy atom. The first-order valence-corrected chi connectivity index (χ1v) is 6.41. The number of aromatic nitrogens is 3. The summed E-state index contributed by atoms with van der Waals surface area (Å²) in [4.78, 5) is 4.47. The number of nitrogens with two attached hydrogens (primary N) is 1. The summed E-state index contributed by atoms with van der Waals surface area (Å²) in [6, 6.07) is 8.37. The van der Waals surface area contributed by atoms with Gasteiger partial charge in [0.15, 0.2) is 5.82 Å². The molecule has 1 heterocycles. The molecule has 4 nitrogen and oxygen atoms in total. The van der Waals surface area contributed by atoms with Crippen molar-refractivity contribution >= 4 is 0 Å². The Balaban J connectivity index is 2.41. The molecule has 0 radical (unpaired) electrons. The van der Waals surface area contributed by atoms with E-state index in [1.807, 2.05) is 4.68 Å². The number of hydrogen-bond donors (Lipinski definition) is 1. The van der Waals surface area contributed by atoms with Crippen LogP contribution in [0.1, 0.15) is 43.9 Å². The van der Waals surface area contributed by atoms with Crippen LogP contribution in [0.15, 0.2) is 24.3 Å². The molecule has 0 atom stereocenters. The largest absolute Gasteiger partial charge is 0.324 e. The first-order chi connectivity index (χ1) is 8.65. The van der Waals surface area contributed by atoms with Gasteiger partial charge in [-0.15, -0.1) is 0 Å². The third-order valence-electron chi connectivity index (χ3n) is 2.98. The van der Waals surface area contributed by atoms with E-state index in [0.29, 0.717) is 12.5 Å². The van der Waals surface area contributed by atoms with Crippen LogP contribution in [0.4, 0.5) is 0 Å². The van der Waals surface area contributed by atoms with Gasteiger partial charge in [-0.3, -0.25) is 0 Å². The molecular weight excluding hydrogens is 224 g/mol. The quantitative estimate of drug-likeness (QED) is 0.898. The van der Waals surface area contributed by atoms with Gasteiger partial charge in [-0.05, 0) is 24.1 Å². The fourth-order valence-electron chi connectivity index (χ4n) is 1.82. The molecule has 1 aromatic heterocycles. The molecule has 0 saturated heterocycles. The fraction of sp³-hybridized carbons (Fsp3) is 0.429. The van der Waals surface area contributed by atoms with E-state index in [1.54, 1.807) is 0 Å². The van der Waals surface area contributed by atoms with Crippen molar-refractivity contribution < 1.29 is 0 Å². The minimum atomic E-state index is 0.312. The first-order valence-electron chi connectivity index (χ1n) is 6.41. The molecule has 0 aliphatic carbocycles. The van der Waals surface area contributed by atoms with Crippen LogP contribution in [-0.2, 0) is 13.0 Å². The summed E-state index contributed by atoms with van der Waals surface area (Å²) in [5.41, 5.74) is 8.07. The first kappa shape index (κ1) is 12.8. The van der Waals surface area contributed by atoms with Gasteiger partial charge in [0.25, 0.3) is 0 Å². The van der Waals surface area contributed by atoms with Crippen LogP contribution in [0.2, 0.25) is 0 Å². The molecule has 96 valence electrons. The highest BCUT2D eigenvalue weighted by Gasteiger charge is 2.12. The van der Waals surface area contributed by atoms with Gasteiger partial charge in [0.2, 0.25) is 0 Å². The second kappa shape index (κ2) is 5.31. The average Bonchev–Trinajstić information content (AvgIpc) is 2.83. The number of hydrogen-bond acceptors (Lipinski definition) is 3. The van der Waals surface area contributed by atoms with E-state index in [4.69, 9.17) is 5.73 Å². The second-order valence-corrected chi connectivity index (χ2v) is 4.68. The second-order valence-electron chi connectivity index (χ2n) is 4.68. The van der Waals surface area contributed by atoms with E-state index in [0.717, 1.165) is 23.8 Å². The Kier molecular flexibility index (Phi) is 3.77. The topological polar surface area (TPSA) is 56.7 Å². The van der Waals surface area contributed by atoms with Crippen LogP contribution in [0.25, 0.3) is 5.69 Å². The molecular formula is C14H20N4. The Hall–Kier alpha value is -1.68. The fourth-order valence-corrected chi connectivity index (χ4v) is 1.82. The number of nitrogens with zero attached hydrogens (tertiary/aromatic N) is 3. The lowest BCUT2D eigenvalue weighted by molar-refractivity contribution is 0.745. The van der Waals surface area contributed by atoms with Crippen molar-refractivity contribution in [3.63, 3.8) is 0 Å². The third-order valence-corrected chi connectivity index (χ3v) is 2.98. The van der Waals surface area contributed by atoms with E-state index in [2.05, 4.69) is 55.1 Å². The SMILES string of the molecule is CCc1ccc(-n2nc(C(C)C)nc2CN)cc1. The molecule has 2 N–H and O–H groups in total. The molecule has 0 unspecified atom stereocenters. The normalized spacial score (nSPS) is 11.2. The zero-order valence-corrected chi connectivity index (χ0v) is 11.2. The van der Waals surface area contributed by atoms with Gasteiger partial charge in [0, 0.05) is 5.92 Å². The molecule has 0 saturated carbocycles. The van der Waals surface area contributed by atoms with Gasteiger partial charge in [-0.2, -0.15) is 5.10 Å². The van der Waals surface area contributed by atoms with Crippen LogP contribution in [0.5, 0.6) is 0 Å². The number of benzene rings is 1. The predicted molar refractivity (Wildman–Crippen MR) is 72.7 cm³/mol. The van der Waals surface area contributed by atoms with Crippen LogP contribution in [0, 0.1) is 0 Å². The van der Waals surface area contributed by atoms with Gasteiger partial charge in [-0.25, -0.2) is 9.67 Å². The molecule has 18 heavy (non-hydrogen) atoms. The zero-order chi connectivity index (χ0) is 13.1. The minimum absolute atomic E-state index is 0.312. The molecule has 1 aromatic carbocycles. The minimum Gasteiger partial charge on any atom is -0.324 e. The van der Waals surface area contributed by atoms with Gasteiger partial charge < -0.3 is 5.73 Å². The highest BCUT2D eigenvalue weighted by atomic mass is 15.4. The van der Waals surface area contributed by atoms with E-state index in [-0.39, 0.29) is 0 Å². The summed E-state index contributed by atoms with van der Waals surface area (Å²) in [6.07, 6.45) is 1.04. The Morgan fingerprint density at radius 2 is 1.89 bits per heavy atom. The van der Waals surface area contributed by atoms with E-state index in [9.17, 15) is 0 Å². The molecule has 2 rings (SSSR count). The highest BCUT2D eigenvalue weighted by Crippen LogP contribution is 2.15. The maximum Gasteiger partial charge on any atom is 0.153 e. The summed E-state index contributed by atoms with van der Waals surface area (Å²) >= 11 is 0. The van der Waals surface area contributed by atoms with Crippen molar-refractivity contribution in [3.8, 4) is 5.69 Å². The predicted octanol–water partition coefficient (Wildman–Crippen LogP) is 2.41. The van der Waals surface area contributed by atoms with E-state index >= 15 is 0 Å². The standard InChI is InChI=1S/C14H20N4/c1-4-11-5-7-12(8-6-11)18-13(9-15)16-14(17-18)10(2)3/h5-8,10H,4,9,15H2,1-3H3. The Bertz CT molecular complexity index is 511. The summed E-state index contributed by atoms with van der Waals surface area (Å²) in [5, 5.41) is 4.53. The molecule has 4 heteroatoms. The third kappa shape index (κ3) is 2.43. The Morgan fingerprint density at radius 3 is 2.39 bits per heavy atom. The smallest absolute Gasteiger partial charge is 0.153 e. The summed E-state index contributed by atoms with van der Waals surface area (Å²) in [7, 11) is 0. The van der Waals surface area contributed by atoms with Gasteiger partial charge in [-0.1, -0.05) is 32.9 Å². The van der Waals surface area contributed by atoms with Crippen LogP contribution in [-0.4, -0.2) is 14.8 Å². The summed E-state index contributed by atoms with van der Waals surface area (Å²) in [6.45, 7) is 6.71. The van der Waals surface area contributed by atoms with Crippen molar-refractivity contribution in [2.75, 3.05) is 0 Å². The van der Waals surface area contributed by atoms with Crippen molar-refractivity contribution in [2.24, 2.45) is 5.73 Å². The van der Waals surface area contributed by atoms with E-state index in [1.165, 1.54) is 5.56 Å². The van der Waals surface area contributed by atoms with Crippen LogP contribution in [0.3, 0.4) is 0 Å². The lowest BCUT2D eigenvalue weighted by Gasteiger charge is -2.05. The Labute approximate surface area is 108 Å². The van der Waals surface area contributed by atoms with Gasteiger partial charge in [0.05, 0.1) is 12.2 Å². The van der Waals surface area contributed by atoms with Crippen LogP contribution >= 0.6 is 0 Å². The molecule has 0 aliphatic heterocycles. The van der Waals surface area contributed by atoms with Crippen molar-refractivity contribution in [1.82, 2.24) is 14.8 Å². The molecule has 0 spiro atoms. The molecule has 0 fully saturated rings. The van der Waals surface area contributed by atoms with E-state index < -0.39 is 0 Å². The van der Waals surface area contributed by atoms with Crippen molar-refractivity contribution in [2.45, 2.75) is 39.7 Å². The highest BCUT2D eigenvalue weighted by molar-refractivity contribution is 5.34. The zero-order valence-electron chi connectivity index (χ0n) is 11.2. The molecule has 0 aliphatic rings. The monoisotopic (exact) mass is 244 g/mol. The van der Waals surface area contributed by atoms with Crippen LogP contribution < -0.4 is 5.73 Å². The lowest BCUT2D eigenvalue weighted by Crippen LogP contribution is -2.07. The molecule has 0 amide bonds. The maximum absolute atomic E-state index is 5.73. The van der Waals surface area contributed by atoms with Crippen molar-refractivity contribution in [1.29, 1.82) is 0 Å². The van der Waals surface area contributed by atoms with Crippen molar-refractivity contribution in [3.05, 3.63) is 41.5 Å². The molecule has 0 bridgehead atoms. The average molecular weight is 244 g/mol. The lowest BCUT2D eigenvalue weighted by atomic mass is 10.1. The summed E-state index contributed by atoms with van der Waals surface area (Å²) < 4.78 is 1.84. The van der Waals surface area contributed by atoms with Gasteiger partial charge in [0.1, 0.15) is 5.82 Å². The summed E-state index contributed by atoms with van der Waals surface area (Å²) in [5.74, 6) is 1.96. The van der Waals surface area contributed by atoms with Gasteiger partial charge >= 0.3 is 0 Å². The molecule has 2 aromatic rings.